The quantitative estimate of drug-likeness (QED) is 0.778. The molecular formula is C18H14FN3O2. The van der Waals surface area contributed by atoms with Gasteiger partial charge in [0.25, 0.3) is 5.91 Å². The van der Waals surface area contributed by atoms with E-state index in [9.17, 15) is 9.18 Å². The number of aromatic amines is 1. The first-order chi connectivity index (χ1) is 11.7. The summed E-state index contributed by atoms with van der Waals surface area (Å²) in [5, 5.41) is 9.87. The van der Waals surface area contributed by atoms with Crippen LogP contribution in [0.2, 0.25) is 0 Å². The van der Waals surface area contributed by atoms with Crippen LogP contribution in [0.5, 0.6) is 5.75 Å². The molecule has 2 aromatic carbocycles. The maximum atomic E-state index is 12.9. The Morgan fingerprint density at radius 3 is 2.83 bits per heavy atom. The number of para-hydroxylation sites is 1. The van der Waals surface area contributed by atoms with Crippen molar-refractivity contribution in [2.24, 2.45) is 0 Å². The van der Waals surface area contributed by atoms with Crippen LogP contribution in [0.4, 0.5) is 4.39 Å². The van der Waals surface area contributed by atoms with Gasteiger partial charge in [0.2, 0.25) is 0 Å². The van der Waals surface area contributed by atoms with Crippen LogP contribution < -0.4 is 10.1 Å². The molecule has 2 heterocycles. The molecule has 0 spiro atoms. The number of hydrogen-bond donors (Lipinski definition) is 2. The van der Waals surface area contributed by atoms with Gasteiger partial charge in [-0.2, -0.15) is 5.10 Å². The monoisotopic (exact) mass is 323 g/mol. The Morgan fingerprint density at radius 2 is 2.00 bits per heavy atom. The van der Waals surface area contributed by atoms with Crippen LogP contribution in [-0.4, -0.2) is 16.1 Å². The van der Waals surface area contributed by atoms with E-state index >= 15 is 0 Å². The molecule has 120 valence electrons. The highest BCUT2D eigenvalue weighted by molar-refractivity contribution is 5.96. The maximum Gasteiger partial charge on any atom is 0.272 e. The summed E-state index contributed by atoms with van der Waals surface area (Å²) in [6.45, 7) is 0.598. The number of ether oxygens (including phenoxy) is 1. The average molecular weight is 323 g/mol. The molecule has 2 N–H and O–H groups in total. The van der Waals surface area contributed by atoms with Crippen molar-refractivity contribution >= 4 is 5.91 Å². The third kappa shape index (κ3) is 2.52. The molecule has 6 heteroatoms. The largest absolute Gasteiger partial charge is 0.488 e. The third-order valence-electron chi connectivity index (χ3n) is 3.98. The molecular weight excluding hydrogens is 309 g/mol. The molecule has 0 fully saturated rings. The van der Waals surface area contributed by atoms with Crippen LogP contribution in [0.1, 0.15) is 21.6 Å². The van der Waals surface area contributed by atoms with Gasteiger partial charge in [0.05, 0.1) is 5.69 Å². The number of carbonyl (C=O) groups excluding carboxylic acids is 1. The first kappa shape index (κ1) is 14.4. The van der Waals surface area contributed by atoms with Gasteiger partial charge in [-0.25, -0.2) is 4.39 Å². The van der Waals surface area contributed by atoms with E-state index < -0.39 is 0 Å². The lowest BCUT2D eigenvalue weighted by atomic mass is 10.0. The van der Waals surface area contributed by atoms with Gasteiger partial charge < -0.3 is 10.1 Å². The fourth-order valence-electron chi connectivity index (χ4n) is 2.73. The fraction of sp³-hybridized carbons (Fsp3) is 0.111. The highest BCUT2D eigenvalue weighted by Gasteiger charge is 2.25. The Bertz CT molecular complexity index is 903. The molecule has 0 aliphatic carbocycles. The smallest absolute Gasteiger partial charge is 0.272 e. The Morgan fingerprint density at radius 1 is 1.21 bits per heavy atom. The van der Waals surface area contributed by atoms with Crippen molar-refractivity contribution < 1.29 is 13.9 Å². The summed E-state index contributed by atoms with van der Waals surface area (Å²) in [5.74, 6) is 0.175. The number of benzene rings is 2. The first-order valence-electron chi connectivity index (χ1n) is 7.54. The number of aromatic nitrogens is 2. The molecule has 1 aliphatic rings. The molecule has 5 nitrogen and oxygen atoms in total. The summed E-state index contributed by atoms with van der Waals surface area (Å²) < 4.78 is 18.6. The maximum absolute atomic E-state index is 12.9. The number of hydrogen-bond acceptors (Lipinski definition) is 3. The predicted octanol–water partition coefficient (Wildman–Crippen LogP) is 3.04. The van der Waals surface area contributed by atoms with Crippen molar-refractivity contribution in [3.8, 4) is 17.0 Å². The molecule has 0 unspecified atom stereocenters. The van der Waals surface area contributed by atoms with Gasteiger partial charge in [-0.3, -0.25) is 9.89 Å². The molecule has 24 heavy (non-hydrogen) atoms. The van der Waals surface area contributed by atoms with Gasteiger partial charge in [-0.15, -0.1) is 0 Å². The third-order valence-corrected chi connectivity index (χ3v) is 3.98. The normalized spacial score (nSPS) is 12.0. The number of nitrogens with zero attached hydrogens (tertiary/aromatic N) is 1. The molecule has 0 saturated carbocycles. The van der Waals surface area contributed by atoms with Gasteiger partial charge >= 0.3 is 0 Å². The minimum atomic E-state index is -0.303. The van der Waals surface area contributed by atoms with Crippen LogP contribution in [-0.2, 0) is 13.2 Å². The fourth-order valence-corrected chi connectivity index (χ4v) is 2.73. The lowest BCUT2D eigenvalue weighted by Gasteiger charge is -2.17. The summed E-state index contributed by atoms with van der Waals surface area (Å²) in [5.41, 5.74) is 3.58. The molecule has 0 saturated heterocycles. The van der Waals surface area contributed by atoms with Crippen LogP contribution >= 0.6 is 0 Å². The topological polar surface area (TPSA) is 67.0 Å². The van der Waals surface area contributed by atoms with Crippen molar-refractivity contribution in [3.05, 3.63) is 71.2 Å². The van der Waals surface area contributed by atoms with Crippen molar-refractivity contribution in [3.63, 3.8) is 0 Å². The zero-order valence-corrected chi connectivity index (χ0v) is 12.7. The van der Waals surface area contributed by atoms with Gasteiger partial charge in [-0.1, -0.05) is 24.3 Å². The van der Waals surface area contributed by atoms with E-state index in [0.717, 1.165) is 28.1 Å². The van der Waals surface area contributed by atoms with E-state index in [2.05, 4.69) is 15.5 Å². The van der Waals surface area contributed by atoms with Crippen LogP contribution in [0.15, 0.2) is 48.5 Å². The summed E-state index contributed by atoms with van der Waals surface area (Å²) in [6.07, 6.45) is 0. The zero-order valence-electron chi connectivity index (χ0n) is 12.7. The van der Waals surface area contributed by atoms with Crippen molar-refractivity contribution in [2.45, 2.75) is 13.2 Å². The second-order valence-electron chi connectivity index (χ2n) is 5.52. The molecule has 0 radical (unpaired) electrons. The Balaban J connectivity index is 1.55. The minimum Gasteiger partial charge on any atom is -0.488 e. The molecule has 1 aromatic heterocycles. The number of H-pyrrole nitrogens is 1. The highest BCUT2D eigenvalue weighted by Crippen LogP contribution is 2.36. The Labute approximate surface area is 137 Å². The Hall–Kier alpha value is -3.15. The van der Waals surface area contributed by atoms with Crippen molar-refractivity contribution in [1.29, 1.82) is 0 Å². The summed E-state index contributed by atoms with van der Waals surface area (Å²) in [6, 6.07) is 13.6. The number of carbonyl (C=O) groups is 1. The first-order valence-corrected chi connectivity index (χ1v) is 7.54. The van der Waals surface area contributed by atoms with Gasteiger partial charge in [0, 0.05) is 17.7 Å². The lowest BCUT2D eigenvalue weighted by Crippen LogP contribution is -2.25. The van der Waals surface area contributed by atoms with E-state index in [-0.39, 0.29) is 11.7 Å². The lowest BCUT2D eigenvalue weighted by molar-refractivity contribution is 0.0943. The van der Waals surface area contributed by atoms with E-state index in [1.165, 1.54) is 12.1 Å². The van der Waals surface area contributed by atoms with Crippen LogP contribution in [0.25, 0.3) is 11.3 Å². The number of rotatable bonds is 3. The number of fused-ring (bicyclic) bond motifs is 3. The molecule has 3 aromatic rings. The van der Waals surface area contributed by atoms with Crippen molar-refractivity contribution in [2.75, 3.05) is 0 Å². The van der Waals surface area contributed by atoms with Crippen LogP contribution in [0, 0.1) is 5.82 Å². The Kier molecular flexibility index (Phi) is 3.49. The summed E-state index contributed by atoms with van der Waals surface area (Å²) in [4.78, 5) is 12.4. The zero-order chi connectivity index (χ0) is 16.5. The average Bonchev–Trinajstić information content (AvgIpc) is 3.05. The summed E-state index contributed by atoms with van der Waals surface area (Å²) >= 11 is 0. The second kappa shape index (κ2) is 5.81. The minimum absolute atomic E-state index is 0.292. The number of amides is 1. The van der Waals surface area contributed by atoms with Gasteiger partial charge in [0.1, 0.15) is 18.2 Å². The highest BCUT2D eigenvalue weighted by atomic mass is 19.1. The summed E-state index contributed by atoms with van der Waals surface area (Å²) in [7, 11) is 0. The number of nitrogens with one attached hydrogen (secondary N) is 2. The van der Waals surface area contributed by atoms with Gasteiger partial charge in [0.15, 0.2) is 5.69 Å². The molecule has 1 amide bonds. The predicted molar refractivity (Wildman–Crippen MR) is 85.9 cm³/mol. The standard InChI is InChI=1S/C18H14FN3O2/c19-12-7-5-11(6-8-12)9-20-18(23)17-14-10-24-15-4-2-1-3-13(15)16(14)21-22-17/h1-8H,9-10H2,(H,20,23)(H,21,22). The van der Waals surface area contributed by atoms with Crippen molar-refractivity contribution in [1.82, 2.24) is 15.5 Å². The van der Waals surface area contributed by atoms with Gasteiger partial charge in [-0.05, 0) is 29.8 Å². The van der Waals surface area contributed by atoms with E-state index in [0.29, 0.717) is 18.8 Å². The number of halogens is 1. The van der Waals surface area contributed by atoms with E-state index in [4.69, 9.17) is 4.74 Å². The van der Waals surface area contributed by atoms with E-state index in [1.807, 2.05) is 24.3 Å². The molecule has 0 bridgehead atoms. The molecule has 4 rings (SSSR count). The second-order valence-corrected chi connectivity index (χ2v) is 5.52. The molecule has 1 aliphatic heterocycles. The van der Waals surface area contributed by atoms with E-state index in [1.54, 1.807) is 12.1 Å². The van der Waals surface area contributed by atoms with Crippen LogP contribution in [0.3, 0.4) is 0 Å². The SMILES string of the molecule is O=C(NCc1ccc(F)cc1)c1n[nH]c2c1COc1ccccc1-2. The molecule has 0 atom stereocenters.